The molecule has 132 valence electrons. The summed E-state index contributed by atoms with van der Waals surface area (Å²) in [4.78, 5) is 32.9. The van der Waals surface area contributed by atoms with Gasteiger partial charge in [-0.05, 0) is 30.3 Å². The Kier molecular flexibility index (Phi) is 5.39. The Balaban J connectivity index is 2.10. The van der Waals surface area contributed by atoms with Crippen molar-refractivity contribution >= 4 is 44.9 Å². The van der Waals surface area contributed by atoms with Gasteiger partial charge in [-0.2, -0.15) is 0 Å². The minimum absolute atomic E-state index is 0.129. The maximum absolute atomic E-state index is 12.2. The van der Waals surface area contributed by atoms with E-state index in [1.165, 1.54) is 29.6 Å². The van der Waals surface area contributed by atoms with Crippen molar-refractivity contribution < 1.29 is 33.0 Å². The first-order chi connectivity index (χ1) is 11.7. The number of anilines is 1. The largest absolute Gasteiger partial charge is 0.480 e. The summed E-state index contributed by atoms with van der Waals surface area (Å²) in [6, 6.07) is 6.36. The lowest BCUT2D eigenvalue weighted by Gasteiger charge is -2.07. The average Bonchev–Trinajstić information content (AvgIpc) is 3.04. The third-order valence-corrected chi connectivity index (χ3v) is 5.71. The monoisotopic (exact) mass is 384 g/mol. The third-order valence-electron chi connectivity index (χ3n) is 2.89. The second-order valence-corrected chi connectivity index (χ2v) is 7.54. The predicted octanol–water partition coefficient (Wildman–Crippen LogP) is 1.06. The van der Waals surface area contributed by atoms with E-state index >= 15 is 0 Å². The van der Waals surface area contributed by atoms with E-state index in [-0.39, 0.29) is 21.0 Å². The van der Waals surface area contributed by atoms with Crippen LogP contribution in [-0.4, -0.2) is 43.0 Å². The Morgan fingerprint density at radius 2 is 1.68 bits per heavy atom. The first-order valence-electron chi connectivity index (χ1n) is 6.64. The van der Waals surface area contributed by atoms with Crippen molar-refractivity contribution in [1.82, 2.24) is 5.32 Å². The van der Waals surface area contributed by atoms with E-state index in [2.05, 4.69) is 10.0 Å². The van der Waals surface area contributed by atoms with Crippen LogP contribution in [0.4, 0.5) is 5.69 Å². The van der Waals surface area contributed by atoms with E-state index in [9.17, 15) is 22.8 Å². The Morgan fingerprint density at radius 3 is 2.20 bits per heavy atom. The number of hydrogen-bond donors (Lipinski definition) is 4. The quantitative estimate of drug-likeness (QED) is 0.557. The third kappa shape index (κ3) is 4.78. The number of thiophene rings is 1. The molecule has 2 aromatic rings. The van der Waals surface area contributed by atoms with Gasteiger partial charge in [0.25, 0.3) is 15.9 Å². The highest BCUT2D eigenvalue weighted by Crippen LogP contribution is 2.23. The zero-order chi connectivity index (χ0) is 18.6. The molecule has 2 rings (SSSR count). The summed E-state index contributed by atoms with van der Waals surface area (Å²) in [6.07, 6.45) is 0. The predicted molar refractivity (Wildman–Crippen MR) is 88.5 cm³/mol. The lowest BCUT2D eigenvalue weighted by atomic mass is 10.2. The highest BCUT2D eigenvalue weighted by molar-refractivity contribution is 7.94. The number of carbonyl (C=O) groups is 3. The summed E-state index contributed by atoms with van der Waals surface area (Å²) >= 11 is 0.770. The van der Waals surface area contributed by atoms with Crippen molar-refractivity contribution in [2.75, 3.05) is 11.3 Å². The molecule has 0 saturated carbocycles. The number of carboxylic acid groups (broad SMARTS) is 2. The lowest BCUT2D eigenvalue weighted by Crippen LogP contribution is -2.29. The van der Waals surface area contributed by atoms with Crippen molar-refractivity contribution in [3.05, 3.63) is 46.8 Å². The summed E-state index contributed by atoms with van der Waals surface area (Å²) in [5, 5.41) is 20.7. The number of sulfonamides is 1. The van der Waals surface area contributed by atoms with Crippen LogP contribution in [0.3, 0.4) is 0 Å². The first kappa shape index (κ1) is 18.4. The van der Waals surface area contributed by atoms with Crippen LogP contribution in [0.1, 0.15) is 20.7 Å². The fraction of sp³-hybridized carbons (Fsp3) is 0.0714. The zero-order valence-electron chi connectivity index (χ0n) is 12.4. The van der Waals surface area contributed by atoms with Crippen LogP contribution in [0.5, 0.6) is 0 Å². The molecule has 1 aromatic heterocycles. The molecule has 0 fully saturated rings. The summed E-state index contributed by atoms with van der Waals surface area (Å²) in [6.45, 7) is -0.530. The van der Waals surface area contributed by atoms with E-state index in [1.807, 2.05) is 0 Å². The number of aromatic carboxylic acids is 1. The molecule has 0 saturated heterocycles. The van der Waals surface area contributed by atoms with Gasteiger partial charge in [0, 0.05) is 16.6 Å². The van der Waals surface area contributed by atoms with Crippen molar-refractivity contribution in [2.24, 2.45) is 0 Å². The smallest absolute Gasteiger partial charge is 0.336 e. The molecule has 0 unspecified atom stereocenters. The summed E-state index contributed by atoms with van der Waals surface area (Å²) in [7, 11) is -3.95. The molecule has 1 heterocycles. The molecular weight excluding hydrogens is 372 g/mol. The topological polar surface area (TPSA) is 150 Å². The van der Waals surface area contributed by atoms with Crippen LogP contribution in [-0.2, 0) is 14.8 Å². The molecule has 0 radical (unpaired) electrons. The van der Waals surface area contributed by atoms with Gasteiger partial charge in [0.1, 0.15) is 10.8 Å². The minimum atomic E-state index is -3.95. The van der Waals surface area contributed by atoms with Crippen molar-refractivity contribution in [2.45, 2.75) is 4.21 Å². The van der Waals surface area contributed by atoms with E-state index in [1.54, 1.807) is 0 Å². The number of nitrogens with one attached hydrogen (secondary N) is 2. The Morgan fingerprint density at radius 1 is 1.04 bits per heavy atom. The van der Waals surface area contributed by atoms with Gasteiger partial charge in [0.05, 0.1) is 5.56 Å². The maximum Gasteiger partial charge on any atom is 0.336 e. The van der Waals surface area contributed by atoms with Gasteiger partial charge in [-0.1, -0.05) is 0 Å². The molecule has 0 bridgehead atoms. The highest BCUT2D eigenvalue weighted by Gasteiger charge is 2.19. The van der Waals surface area contributed by atoms with Gasteiger partial charge in [-0.25, -0.2) is 13.2 Å². The maximum atomic E-state index is 12.2. The summed E-state index contributed by atoms with van der Waals surface area (Å²) in [5.41, 5.74) is 0.198. The Bertz CT molecular complexity index is 917. The molecule has 25 heavy (non-hydrogen) atoms. The number of rotatable bonds is 7. The Labute approximate surface area is 146 Å². The van der Waals surface area contributed by atoms with Crippen LogP contribution < -0.4 is 10.0 Å². The molecule has 11 heteroatoms. The van der Waals surface area contributed by atoms with Gasteiger partial charge in [-0.15, -0.1) is 11.3 Å². The summed E-state index contributed by atoms with van der Waals surface area (Å²) in [5.74, 6) is -3.02. The van der Waals surface area contributed by atoms with Crippen molar-refractivity contribution in [1.29, 1.82) is 0 Å². The number of aliphatic carboxylic acids is 1. The number of amides is 1. The van der Waals surface area contributed by atoms with Crippen molar-refractivity contribution in [3.8, 4) is 0 Å². The fourth-order valence-corrected chi connectivity index (χ4v) is 3.93. The average molecular weight is 384 g/mol. The minimum Gasteiger partial charge on any atom is -0.480 e. The molecule has 1 amide bonds. The first-order valence-corrected chi connectivity index (χ1v) is 9.00. The van der Waals surface area contributed by atoms with Crippen LogP contribution in [0, 0.1) is 0 Å². The second-order valence-electron chi connectivity index (χ2n) is 4.72. The van der Waals surface area contributed by atoms with Gasteiger partial charge in [0.2, 0.25) is 0 Å². The summed E-state index contributed by atoms with van der Waals surface area (Å²) < 4.78 is 26.5. The fourth-order valence-electron chi connectivity index (χ4n) is 1.72. The normalized spacial score (nSPS) is 10.9. The molecule has 0 aliphatic heterocycles. The van der Waals surface area contributed by atoms with Crippen LogP contribution in [0.15, 0.2) is 39.9 Å². The Hall–Kier alpha value is -2.92. The van der Waals surface area contributed by atoms with Crippen LogP contribution in [0.2, 0.25) is 0 Å². The molecule has 0 atom stereocenters. The standard InChI is InChI=1S/C14H12N2O7S2/c17-11(18)6-15-13(19)8-1-3-10(4-2-8)16-25(22,23)12-5-9(7-24-12)14(20)21/h1-5,7,16H,6H2,(H,15,19)(H,17,18)(H,20,21). The van der Waals surface area contributed by atoms with E-state index in [0.29, 0.717) is 0 Å². The van der Waals surface area contributed by atoms with Gasteiger partial charge in [0.15, 0.2) is 0 Å². The molecule has 1 aromatic carbocycles. The number of benzene rings is 1. The zero-order valence-corrected chi connectivity index (χ0v) is 14.1. The van der Waals surface area contributed by atoms with Crippen molar-refractivity contribution in [3.63, 3.8) is 0 Å². The van der Waals surface area contributed by atoms with E-state index in [4.69, 9.17) is 10.2 Å². The van der Waals surface area contributed by atoms with Crippen LogP contribution >= 0.6 is 11.3 Å². The van der Waals surface area contributed by atoms with Gasteiger partial charge in [-0.3, -0.25) is 14.3 Å². The molecular formula is C14H12N2O7S2. The van der Waals surface area contributed by atoms with Gasteiger partial charge >= 0.3 is 11.9 Å². The van der Waals surface area contributed by atoms with E-state index in [0.717, 1.165) is 17.4 Å². The molecule has 0 aliphatic carbocycles. The van der Waals surface area contributed by atoms with Gasteiger partial charge < -0.3 is 15.5 Å². The van der Waals surface area contributed by atoms with Crippen LogP contribution in [0.25, 0.3) is 0 Å². The molecule has 0 spiro atoms. The molecule has 4 N–H and O–H groups in total. The second kappa shape index (κ2) is 7.32. The molecule has 9 nitrogen and oxygen atoms in total. The van der Waals surface area contributed by atoms with E-state index < -0.39 is 34.4 Å². The number of carboxylic acids is 2. The number of carbonyl (C=O) groups excluding carboxylic acids is 1. The lowest BCUT2D eigenvalue weighted by molar-refractivity contribution is -0.135. The highest BCUT2D eigenvalue weighted by atomic mass is 32.2. The number of hydrogen-bond acceptors (Lipinski definition) is 6. The SMILES string of the molecule is O=C(O)CNC(=O)c1ccc(NS(=O)(=O)c2cc(C(=O)O)cs2)cc1. The molecule has 0 aliphatic rings.